The van der Waals surface area contributed by atoms with Crippen molar-refractivity contribution >= 4 is 0 Å². The van der Waals surface area contributed by atoms with Crippen LogP contribution in [0, 0.1) is 5.92 Å². The molecule has 2 unspecified atom stereocenters. The SMILES string of the molecule is NCC1CCc2ccccc2C(N)C1. The summed E-state index contributed by atoms with van der Waals surface area (Å²) in [6.07, 6.45) is 3.35. The van der Waals surface area contributed by atoms with E-state index in [0.717, 1.165) is 19.4 Å². The highest BCUT2D eigenvalue weighted by Crippen LogP contribution is 2.29. The van der Waals surface area contributed by atoms with Gasteiger partial charge in [0.25, 0.3) is 0 Å². The summed E-state index contributed by atoms with van der Waals surface area (Å²) in [5.74, 6) is 0.595. The van der Waals surface area contributed by atoms with Crippen LogP contribution in [0.2, 0.25) is 0 Å². The minimum atomic E-state index is 0.183. The summed E-state index contributed by atoms with van der Waals surface area (Å²) in [6.45, 7) is 0.766. The average molecular weight is 190 g/mol. The highest BCUT2D eigenvalue weighted by Gasteiger charge is 2.20. The molecule has 76 valence electrons. The van der Waals surface area contributed by atoms with Gasteiger partial charge in [0.05, 0.1) is 0 Å². The molecule has 2 atom stereocenters. The van der Waals surface area contributed by atoms with Crippen molar-refractivity contribution in [2.45, 2.75) is 25.3 Å². The van der Waals surface area contributed by atoms with Crippen LogP contribution >= 0.6 is 0 Å². The van der Waals surface area contributed by atoms with Crippen LogP contribution in [0.1, 0.15) is 30.0 Å². The van der Waals surface area contributed by atoms with Crippen LogP contribution in [0.5, 0.6) is 0 Å². The first kappa shape index (κ1) is 9.69. The Labute approximate surface area is 85.3 Å². The normalized spacial score (nSPS) is 26.7. The molecule has 1 aliphatic carbocycles. The Kier molecular flexibility index (Phi) is 2.85. The van der Waals surface area contributed by atoms with Gasteiger partial charge in [-0.1, -0.05) is 24.3 Å². The number of hydrogen-bond acceptors (Lipinski definition) is 2. The predicted octanol–water partition coefficient (Wildman–Crippen LogP) is 1.60. The van der Waals surface area contributed by atoms with Gasteiger partial charge in [-0.2, -0.15) is 0 Å². The van der Waals surface area contributed by atoms with Crippen molar-refractivity contribution in [3.8, 4) is 0 Å². The van der Waals surface area contributed by atoms with E-state index >= 15 is 0 Å². The van der Waals surface area contributed by atoms with Crippen LogP contribution in [0.15, 0.2) is 24.3 Å². The maximum absolute atomic E-state index is 6.16. The summed E-state index contributed by atoms with van der Waals surface area (Å²) in [6, 6.07) is 8.69. The van der Waals surface area contributed by atoms with Crippen LogP contribution < -0.4 is 11.5 Å². The van der Waals surface area contributed by atoms with E-state index in [0.29, 0.717) is 5.92 Å². The molecule has 1 aromatic carbocycles. The summed E-state index contributed by atoms with van der Waals surface area (Å²) in [5.41, 5.74) is 14.6. The minimum Gasteiger partial charge on any atom is -0.330 e. The zero-order chi connectivity index (χ0) is 9.97. The van der Waals surface area contributed by atoms with Gasteiger partial charge in [0, 0.05) is 6.04 Å². The molecule has 14 heavy (non-hydrogen) atoms. The van der Waals surface area contributed by atoms with Crippen molar-refractivity contribution in [2.24, 2.45) is 17.4 Å². The van der Waals surface area contributed by atoms with E-state index in [1.54, 1.807) is 0 Å². The van der Waals surface area contributed by atoms with Crippen molar-refractivity contribution in [1.82, 2.24) is 0 Å². The smallest absolute Gasteiger partial charge is 0.0300 e. The first-order valence-electron chi connectivity index (χ1n) is 5.34. The molecular weight excluding hydrogens is 172 g/mol. The molecule has 2 nitrogen and oxygen atoms in total. The summed E-state index contributed by atoms with van der Waals surface area (Å²) >= 11 is 0. The van der Waals surface area contributed by atoms with E-state index in [4.69, 9.17) is 11.5 Å². The predicted molar refractivity (Wildman–Crippen MR) is 58.9 cm³/mol. The van der Waals surface area contributed by atoms with E-state index < -0.39 is 0 Å². The van der Waals surface area contributed by atoms with E-state index in [1.807, 2.05) is 0 Å². The molecule has 0 radical (unpaired) electrons. The van der Waals surface area contributed by atoms with E-state index in [1.165, 1.54) is 17.5 Å². The first-order chi connectivity index (χ1) is 6.81. The molecule has 0 spiro atoms. The Morgan fingerprint density at radius 1 is 1.29 bits per heavy atom. The van der Waals surface area contributed by atoms with Gasteiger partial charge in [-0.15, -0.1) is 0 Å². The maximum Gasteiger partial charge on any atom is 0.0300 e. The Balaban J connectivity index is 2.26. The lowest BCUT2D eigenvalue weighted by Crippen LogP contribution is -2.19. The Morgan fingerprint density at radius 3 is 2.86 bits per heavy atom. The molecule has 1 aliphatic rings. The third-order valence-electron chi connectivity index (χ3n) is 3.20. The third kappa shape index (κ3) is 1.81. The number of rotatable bonds is 1. The fourth-order valence-corrected chi connectivity index (χ4v) is 2.30. The van der Waals surface area contributed by atoms with Crippen LogP contribution in [0.25, 0.3) is 0 Å². The number of benzene rings is 1. The van der Waals surface area contributed by atoms with E-state index in [2.05, 4.69) is 24.3 Å². The van der Waals surface area contributed by atoms with Crippen LogP contribution in [0.4, 0.5) is 0 Å². The summed E-state index contributed by atoms with van der Waals surface area (Å²) < 4.78 is 0. The van der Waals surface area contributed by atoms with Gasteiger partial charge in [-0.3, -0.25) is 0 Å². The topological polar surface area (TPSA) is 52.0 Å². The molecular formula is C12H18N2. The molecule has 0 saturated carbocycles. The number of hydrogen-bond donors (Lipinski definition) is 2. The zero-order valence-electron chi connectivity index (χ0n) is 8.45. The Morgan fingerprint density at radius 2 is 2.07 bits per heavy atom. The van der Waals surface area contributed by atoms with Gasteiger partial charge in [-0.05, 0) is 42.9 Å². The lowest BCUT2D eigenvalue weighted by Gasteiger charge is -2.15. The number of fused-ring (bicyclic) bond motifs is 1. The number of aryl methyl sites for hydroxylation is 1. The summed E-state index contributed by atoms with van der Waals surface area (Å²) in [4.78, 5) is 0. The molecule has 0 heterocycles. The highest BCUT2D eigenvalue weighted by atomic mass is 14.7. The summed E-state index contributed by atoms with van der Waals surface area (Å²) in [5, 5.41) is 0. The highest BCUT2D eigenvalue weighted by molar-refractivity contribution is 5.31. The Hall–Kier alpha value is -0.860. The largest absolute Gasteiger partial charge is 0.330 e. The maximum atomic E-state index is 6.16. The van der Waals surface area contributed by atoms with Gasteiger partial charge in [0.2, 0.25) is 0 Å². The van der Waals surface area contributed by atoms with Crippen molar-refractivity contribution in [3.63, 3.8) is 0 Å². The monoisotopic (exact) mass is 190 g/mol. The quantitative estimate of drug-likeness (QED) is 0.661. The molecule has 0 saturated heterocycles. The van der Waals surface area contributed by atoms with Gasteiger partial charge in [0.15, 0.2) is 0 Å². The van der Waals surface area contributed by atoms with Gasteiger partial charge in [-0.25, -0.2) is 0 Å². The second kappa shape index (κ2) is 4.11. The molecule has 0 amide bonds. The van der Waals surface area contributed by atoms with E-state index in [9.17, 15) is 0 Å². The van der Waals surface area contributed by atoms with Crippen LogP contribution in [-0.4, -0.2) is 6.54 Å². The van der Waals surface area contributed by atoms with E-state index in [-0.39, 0.29) is 6.04 Å². The molecule has 0 fully saturated rings. The van der Waals surface area contributed by atoms with Crippen LogP contribution in [-0.2, 0) is 6.42 Å². The third-order valence-corrected chi connectivity index (χ3v) is 3.20. The second-order valence-corrected chi connectivity index (χ2v) is 4.18. The average Bonchev–Trinajstić information content (AvgIpc) is 2.39. The molecule has 0 aliphatic heterocycles. The molecule has 0 bridgehead atoms. The summed E-state index contributed by atoms with van der Waals surface area (Å²) in [7, 11) is 0. The van der Waals surface area contributed by atoms with Crippen molar-refractivity contribution in [2.75, 3.05) is 6.54 Å². The number of nitrogens with two attached hydrogens (primary N) is 2. The molecule has 0 aromatic heterocycles. The minimum absolute atomic E-state index is 0.183. The van der Waals surface area contributed by atoms with Crippen molar-refractivity contribution < 1.29 is 0 Å². The molecule has 2 rings (SSSR count). The van der Waals surface area contributed by atoms with Gasteiger partial charge >= 0.3 is 0 Å². The van der Waals surface area contributed by atoms with Crippen molar-refractivity contribution in [1.29, 1.82) is 0 Å². The molecule has 1 aromatic rings. The van der Waals surface area contributed by atoms with Gasteiger partial charge in [0.1, 0.15) is 0 Å². The van der Waals surface area contributed by atoms with Crippen LogP contribution in [0.3, 0.4) is 0 Å². The van der Waals surface area contributed by atoms with Gasteiger partial charge < -0.3 is 11.5 Å². The zero-order valence-corrected chi connectivity index (χ0v) is 8.45. The fourth-order valence-electron chi connectivity index (χ4n) is 2.30. The lowest BCUT2D eigenvalue weighted by atomic mass is 9.97. The molecule has 2 heteroatoms. The molecule has 4 N–H and O–H groups in total. The second-order valence-electron chi connectivity index (χ2n) is 4.18. The first-order valence-corrected chi connectivity index (χ1v) is 5.34. The Bertz CT molecular complexity index is 309. The van der Waals surface area contributed by atoms with Crippen molar-refractivity contribution in [3.05, 3.63) is 35.4 Å². The fraction of sp³-hybridized carbons (Fsp3) is 0.500. The lowest BCUT2D eigenvalue weighted by molar-refractivity contribution is 0.437. The standard InChI is InChI=1S/C12H18N2/c13-8-9-5-6-10-3-1-2-4-11(10)12(14)7-9/h1-4,9,12H,5-8,13-14H2.